The first-order chi connectivity index (χ1) is 22.5. The Morgan fingerprint density at radius 1 is 0.878 bits per heavy atom. The third-order valence-electron chi connectivity index (χ3n) is 9.66. The highest BCUT2D eigenvalue weighted by Crippen LogP contribution is 2.52. The van der Waals surface area contributed by atoms with Gasteiger partial charge in [0.05, 0.1) is 23.9 Å². The van der Waals surface area contributed by atoms with Gasteiger partial charge in [-0.15, -0.1) is 0 Å². The summed E-state index contributed by atoms with van der Waals surface area (Å²) in [6, 6.07) is 0. The van der Waals surface area contributed by atoms with Gasteiger partial charge < -0.3 is 33.9 Å². The van der Waals surface area contributed by atoms with Gasteiger partial charge in [0, 0.05) is 38.5 Å². The lowest BCUT2D eigenvalue weighted by Crippen LogP contribution is -2.57. The van der Waals surface area contributed by atoms with E-state index in [9.17, 15) is 39.0 Å². The lowest BCUT2D eigenvalue weighted by molar-refractivity contribution is -0.193. The summed E-state index contributed by atoms with van der Waals surface area (Å²) >= 11 is 0. The van der Waals surface area contributed by atoms with Crippen molar-refractivity contribution in [2.24, 2.45) is 29.1 Å². The molecule has 0 amide bonds. The third kappa shape index (κ3) is 9.16. The van der Waals surface area contributed by atoms with Crippen molar-refractivity contribution in [2.45, 2.75) is 137 Å². The minimum Gasteiger partial charge on any atom is -0.458 e. The van der Waals surface area contributed by atoms with Gasteiger partial charge in [0.15, 0.2) is 30.2 Å². The molecule has 0 aliphatic heterocycles. The Morgan fingerprint density at radius 2 is 1.39 bits per heavy atom. The molecule has 0 spiro atoms. The highest BCUT2D eigenvalue weighted by Gasteiger charge is 2.69. The van der Waals surface area contributed by atoms with Crippen LogP contribution < -0.4 is 0 Å². The molecule has 0 aromatic heterocycles. The summed E-state index contributed by atoms with van der Waals surface area (Å²) in [4.78, 5) is 78.4. The van der Waals surface area contributed by atoms with E-state index in [-0.39, 0.29) is 5.57 Å². The Morgan fingerprint density at radius 3 is 1.88 bits per heavy atom. The molecule has 0 unspecified atom stereocenters. The van der Waals surface area contributed by atoms with E-state index in [1.165, 1.54) is 19.9 Å². The molecule has 13 heteroatoms. The number of fused-ring (bicyclic) bond motifs is 1. The molecule has 0 aromatic rings. The molecule has 0 heterocycles. The predicted octanol–water partition coefficient (Wildman–Crippen LogP) is 3.56. The molecular formula is C36H54O13. The summed E-state index contributed by atoms with van der Waals surface area (Å²) in [7, 11) is 0. The average molecular weight is 695 g/mol. The molecule has 2 aliphatic carbocycles. The Kier molecular flexibility index (Phi) is 13.6. The summed E-state index contributed by atoms with van der Waals surface area (Å²) in [5, 5.41) is 24.7. The normalized spacial score (nSPS) is 34.9. The number of esters is 5. The Balaban J connectivity index is 3.03. The van der Waals surface area contributed by atoms with Gasteiger partial charge >= 0.3 is 29.8 Å². The smallest absolute Gasteiger partial charge is 0.309 e. The highest BCUT2D eigenvalue weighted by molar-refractivity contribution is 5.92. The van der Waals surface area contributed by atoms with Crippen LogP contribution in [0.15, 0.2) is 24.3 Å². The van der Waals surface area contributed by atoms with Crippen LogP contribution in [0.5, 0.6) is 0 Å². The quantitative estimate of drug-likeness (QED) is 0.203. The molecule has 1 saturated carbocycles. The van der Waals surface area contributed by atoms with Crippen molar-refractivity contribution in [1.82, 2.24) is 0 Å². The SMILES string of the molecule is C=C1[C@H](O)[C@H]2[C@@H](OC(=O)[C@@H](C)CC)[C@](C)(OC(=O)[C@@H](C)CC)C[C@]2(O)C(=O)[C@@H](C)/C=C/C(C)(C)[C@H](OC(C)=O)[C@H](OC(C)=O)[C@H]1OC(C)=O. The molecule has 11 atom stereocenters. The monoisotopic (exact) mass is 694 g/mol. The van der Waals surface area contributed by atoms with E-state index >= 15 is 0 Å². The maximum atomic E-state index is 14.4. The second kappa shape index (κ2) is 16.0. The average Bonchev–Trinajstić information content (AvgIpc) is 3.23. The molecule has 0 radical (unpaired) electrons. The number of carbonyl (C=O) groups excluding carboxylic acids is 6. The van der Waals surface area contributed by atoms with Gasteiger partial charge in [-0.05, 0) is 25.3 Å². The van der Waals surface area contributed by atoms with Crippen molar-refractivity contribution < 1.29 is 62.7 Å². The van der Waals surface area contributed by atoms with E-state index in [0.29, 0.717) is 12.8 Å². The number of ether oxygens (including phenoxy) is 5. The van der Waals surface area contributed by atoms with Crippen LogP contribution in [0.4, 0.5) is 0 Å². The van der Waals surface area contributed by atoms with Crippen molar-refractivity contribution in [1.29, 1.82) is 0 Å². The maximum Gasteiger partial charge on any atom is 0.309 e. The number of carbonyl (C=O) groups is 6. The predicted molar refractivity (Wildman–Crippen MR) is 175 cm³/mol. The zero-order valence-corrected chi connectivity index (χ0v) is 30.6. The largest absolute Gasteiger partial charge is 0.458 e. The lowest BCUT2D eigenvalue weighted by Gasteiger charge is -2.43. The van der Waals surface area contributed by atoms with Gasteiger partial charge in [-0.1, -0.05) is 67.2 Å². The number of aliphatic hydroxyl groups excluding tert-OH is 1. The second-order valence-electron chi connectivity index (χ2n) is 14.3. The minimum atomic E-state index is -2.51. The minimum absolute atomic E-state index is 0.367. The van der Waals surface area contributed by atoms with Crippen LogP contribution in [0.3, 0.4) is 0 Å². The molecule has 13 nitrogen and oxygen atoms in total. The molecule has 0 aromatic carbocycles. The zero-order valence-electron chi connectivity index (χ0n) is 30.6. The van der Waals surface area contributed by atoms with Crippen LogP contribution in [-0.2, 0) is 52.5 Å². The lowest BCUT2D eigenvalue weighted by atomic mass is 9.72. The fourth-order valence-corrected chi connectivity index (χ4v) is 6.45. The van der Waals surface area contributed by atoms with E-state index in [1.54, 1.807) is 47.6 Å². The van der Waals surface area contributed by atoms with Crippen molar-refractivity contribution in [3.8, 4) is 0 Å². The summed E-state index contributed by atoms with van der Waals surface area (Å²) in [5.74, 6) is -8.76. The Labute approximate surface area is 288 Å². The van der Waals surface area contributed by atoms with Gasteiger partial charge in [-0.3, -0.25) is 28.8 Å². The molecule has 1 fully saturated rings. The molecule has 0 bridgehead atoms. The molecule has 276 valence electrons. The van der Waals surface area contributed by atoms with E-state index < -0.39 is 113 Å². The van der Waals surface area contributed by atoms with Crippen molar-refractivity contribution >= 4 is 35.6 Å². The fraction of sp³-hybridized carbons (Fsp3) is 0.722. The van der Waals surface area contributed by atoms with Crippen LogP contribution in [0, 0.1) is 29.1 Å². The number of Topliss-reactive ketones (excluding diaryl/α,β-unsaturated/α-hetero) is 1. The summed E-state index contributed by atoms with van der Waals surface area (Å²) in [5.41, 5.74) is -5.93. The van der Waals surface area contributed by atoms with E-state index in [1.807, 2.05) is 0 Å². The molecule has 2 rings (SSSR count). The van der Waals surface area contributed by atoms with Crippen LogP contribution in [-0.4, -0.2) is 87.6 Å². The van der Waals surface area contributed by atoms with E-state index in [0.717, 1.165) is 20.8 Å². The number of hydrogen-bond acceptors (Lipinski definition) is 13. The van der Waals surface area contributed by atoms with Gasteiger partial charge in [0.25, 0.3) is 0 Å². The second-order valence-corrected chi connectivity index (χ2v) is 14.3. The first-order valence-corrected chi connectivity index (χ1v) is 16.7. The van der Waals surface area contributed by atoms with E-state index in [4.69, 9.17) is 23.7 Å². The first-order valence-electron chi connectivity index (χ1n) is 16.7. The zero-order chi connectivity index (χ0) is 37.8. The van der Waals surface area contributed by atoms with Crippen molar-refractivity contribution in [3.63, 3.8) is 0 Å². The van der Waals surface area contributed by atoms with Crippen LogP contribution in [0.25, 0.3) is 0 Å². The van der Waals surface area contributed by atoms with E-state index in [2.05, 4.69) is 6.58 Å². The van der Waals surface area contributed by atoms with Crippen LogP contribution in [0.1, 0.15) is 95.4 Å². The fourth-order valence-electron chi connectivity index (χ4n) is 6.45. The molecule has 2 aliphatic rings. The first kappa shape index (κ1) is 41.6. The molecule has 2 N–H and O–H groups in total. The Hall–Kier alpha value is -3.58. The summed E-state index contributed by atoms with van der Waals surface area (Å²) in [6.07, 6.45) is -5.11. The van der Waals surface area contributed by atoms with Gasteiger partial charge in [-0.2, -0.15) is 0 Å². The molecular weight excluding hydrogens is 640 g/mol. The number of allylic oxidation sites excluding steroid dienone is 1. The molecule has 49 heavy (non-hydrogen) atoms. The highest BCUT2D eigenvalue weighted by atomic mass is 16.6. The topological polar surface area (TPSA) is 189 Å². The summed E-state index contributed by atoms with van der Waals surface area (Å²) in [6.45, 7) is 20.2. The molecule has 0 saturated heterocycles. The number of hydrogen-bond donors (Lipinski definition) is 2. The standard InChI is InChI=1S/C36H54O13/c1-13-18(3)32(42)48-30-25-26(40)21(6)27(45-22(7)37)28(46-23(8)38)31(47-24(9)39)34(10,11)16-15-20(5)29(41)36(25,44)17-35(30,12)49-33(43)19(4)14-2/h15-16,18-20,25-28,30-31,40,44H,6,13-14,17H2,1-5,7-12H3/b16-15+/t18-,19-,20-,25-,26-,27-,28+,30+,31+,35+,36+/m0/s1. The van der Waals surface area contributed by atoms with Gasteiger partial charge in [0.1, 0.15) is 11.2 Å². The Bertz CT molecular complexity index is 1330. The van der Waals surface area contributed by atoms with Crippen molar-refractivity contribution in [2.75, 3.05) is 0 Å². The number of ketones is 1. The van der Waals surface area contributed by atoms with Gasteiger partial charge in [-0.25, -0.2) is 0 Å². The maximum absolute atomic E-state index is 14.4. The number of aliphatic hydroxyl groups is 2. The van der Waals surface area contributed by atoms with Gasteiger partial charge in [0.2, 0.25) is 0 Å². The van der Waals surface area contributed by atoms with Crippen LogP contribution in [0.2, 0.25) is 0 Å². The van der Waals surface area contributed by atoms with Crippen LogP contribution >= 0.6 is 0 Å². The third-order valence-corrected chi connectivity index (χ3v) is 9.66. The number of rotatable bonds is 9. The summed E-state index contributed by atoms with van der Waals surface area (Å²) < 4.78 is 28.8. The van der Waals surface area contributed by atoms with Crippen molar-refractivity contribution in [3.05, 3.63) is 24.3 Å².